The Kier molecular flexibility index (Phi) is 29.4. The number of nitrogens with zero attached hydrogens (tertiary/aromatic N) is 2. The van der Waals surface area contributed by atoms with Crippen molar-refractivity contribution in [2.75, 3.05) is 26.2 Å². The highest BCUT2D eigenvalue weighted by atomic mass is 16.5. The molecule has 2 aromatic carbocycles. The van der Waals surface area contributed by atoms with E-state index in [0.717, 1.165) is 25.6 Å². The van der Waals surface area contributed by atoms with Crippen LogP contribution in [0.1, 0.15) is 96.9 Å². The van der Waals surface area contributed by atoms with Gasteiger partial charge in [0.25, 0.3) is 0 Å². The predicted molar refractivity (Wildman–Crippen MR) is 226 cm³/mol. The maximum absolute atomic E-state index is 8.74. The number of aliphatic hydroxyl groups excluding tert-OH is 1. The van der Waals surface area contributed by atoms with Crippen LogP contribution in [0.2, 0.25) is 0 Å². The minimum Gasteiger partial charge on any atom is -0.400 e. The van der Waals surface area contributed by atoms with Crippen LogP contribution in [-0.2, 0) is 0 Å². The van der Waals surface area contributed by atoms with E-state index in [1.165, 1.54) is 39.0 Å². The molecule has 5 rings (SSSR count). The molecule has 1 atom stereocenters. The molecule has 3 N–H and O–H groups in total. The second-order valence-electron chi connectivity index (χ2n) is 10.5. The van der Waals surface area contributed by atoms with Gasteiger partial charge in [0.15, 0.2) is 0 Å². The number of allylic oxidation sites excluding steroid dienone is 10. The van der Waals surface area contributed by atoms with Crippen LogP contribution in [0.5, 0.6) is 0 Å². The van der Waals surface area contributed by atoms with Crippen molar-refractivity contribution in [1.82, 2.24) is 9.88 Å². The molecule has 1 aliphatic carbocycles. The second kappa shape index (κ2) is 31.1. The largest absolute Gasteiger partial charge is 0.400 e. The lowest BCUT2D eigenvalue weighted by molar-refractivity contribution is 0.389. The Labute approximate surface area is 311 Å². The van der Waals surface area contributed by atoms with Crippen LogP contribution >= 0.6 is 0 Å². The molecule has 276 valence electrons. The first-order valence-electron chi connectivity index (χ1n) is 18.0. The zero-order chi connectivity index (χ0) is 39.0. The van der Waals surface area contributed by atoms with Crippen molar-refractivity contribution in [3.63, 3.8) is 0 Å². The van der Waals surface area contributed by atoms with Crippen LogP contribution in [0.3, 0.4) is 0 Å². The molecule has 0 amide bonds. The minimum atomic E-state index is 0.377. The van der Waals surface area contributed by atoms with E-state index < -0.39 is 0 Å². The molecule has 2 aliphatic rings. The topological polar surface area (TPSA) is 68.6 Å². The number of rotatable bonds is 6. The third-order valence-corrected chi connectivity index (χ3v) is 7.10. The van der Waals surface area contributed by atoms with Crippen molar-refractivity contribution in [1.29, 1.82) is 0 Å². The van der Waals surface area contributed by atoms with E-state index in [0.29, 0.717) is 11.6 Å². The first-order valence-corrected chi connectivity index (χ1v) is 18.0. The minimum absolute atomic E-state index is 0.377. The number of pyridine rings is 1. The number of aromatic nitrogens is 1. The summed E-state index contributed by atoms with van der Waals surface area (Å²) < 4.78 is 0. The lowest BCUT2D eigenvalue weighted by Gasteiger charge is -2.25. The summed E-state index contributed by atoms with van der Waals surface area (Å²) in [7, 11) is 3.11. The molecule has 0 saturated carbocycles. The van der Waals surface area contributed by atoms with Gasteiger partial charge in [-0.3, -0.25) is 15.7 Å². The lowest BCUT2D eigenvalue weighted by Crippen LogP contribution is -2.15. The molecular formula is C46H65N3O2. The maximum atomic E-state index is 8.74. The third-order valence-electron chi connectivity index (χ3n) is 7.10. The molecule has 0 radical (unpaired) electrons. The Bertz CT molecular complexity index is 1570. The van der Waals surface area contributed by atoms with Crippen LogP contribution in [0.4, 0.5) is 5.69 Å². The normalized spacial score (nSPS) is 14.0. The average molecular weight is 692 g/mol. The highest BCUT2D eigenvalue weighted by Crippen LogP contribution is 2.38. The van der Waals surface area contributed by atoms with Gasteiger partial charge in [-0.2, -0.15) is 0 Å². The van der Waals surface area contributed by atoms with Crippen LogP contribution in [0, 0.1) is 19.3 Å². The molecule has 5 heteroatoms. The Hall–Kier alpha value is -4.89. The molecule has 0 spiro atoms. The molecular weight excluding hydrogens is 627 g/mol. The Morgan fingerprint density at radius 1 is 0.961 bits per heavy atom. The number of hydrogen-bond acceptors (Lipinski definition) is 5. The first kappa shape index (κ1) is 48.2. The van der Waals surface area contributed by atoms with Crippen molar-refractivity contribution in [3.05, 3.63) is 155 Å². The standard InChI is InChI=1S/C24H24N2.C12H15NO.C3H4.3C2H6.CH4O/c1-18-4-3-5-21(14-18)24-16-22(19-6-10-25-11-7-19)15-23(17-24)20-8-12-26(2)13-9-20;1-3-4-6-10(2)11-7-5-8-12(9-11)13-14;1-3-2;4*1-2/h3-12,14,16-17,22H,13,15H2,1-2H3;3-9,13-14H,1-2H3;1H,2H3;3*1-2H3;2H,1H3/b;4-3-,10-6+;;;;;. The molecule has 0 bridgehead atoms. The zero-order valence-electron chi connectivity index (χ0n) is 33.4. The fourth-order valence-electron chi connectivity index (χ4n) is 4.83. The maximum Gasteiger partial charge on any atom is 0.0608 e. The highest BCUT2D eigenvalue weighted by molar-refractivity contribution is 5.78. The molecule has 2 heterocycles. The van der Waals surface area contributed by atoms with Gasteiger partial charge in [-0.25, -0.2) is 0 Å². The number of terminal acetylenes is 1. The SMILES string of the molecule is C#CC.C/C=C\C=C(/C)c1cccc(NO)c1.CC.CC.CC.CO.Cc1cccc(C2=CC(c3ccncc3)CC(C3=CCN(C)C=C3)=C2)c1. The van der Waals surface area contributed by atoms with Crippen LogP contribution in [0.15, 0.2) is 133 Å². The van der Waals surface area contributed by atoms with Crippen molar-refractivity contribution in [2.45, 2.75) is 81.6 Å². The van der Waals surface area contributed by atoms with E-state index >= 15 is 0 Å². The molecule has 0 saturated heterocycles. The Morgan fingerprint density at radius 2 is 1.59 bits per heavy atom. The van der Waals surface area contributed by atoms with Crippen LogP contribution in [0.25, 0.3) is 11.1 Å². The van der Waals surface area contributed by atoms with E-state index in [9.17, 15) is 0 Å². The fraction of sp³-hybridized carbons (Fsp3) is 0.326. The quantitative estimate of drug-likeness (QED) is 0.136. The summed E-state index contributed by atoms with van der Waals surface area (Å²) in [6, 6.07) is 20.7. The van der Waals surface area contributed by atoms with Gasteiger partial charge >= 0.3 is 0 Å². The monoisotopic (exact) mass is 692 g/mol. The molecule has 0 fully saturated rings. The Morgan fingerprint density at radius 3 is 2.14 bits per heavy atom. The van der Waals surface area contributed by atoms with Crippen molar-refractivity contribution < 1.29 is 10.3 Å². The summed E-state index contributed by atoms with van der Waals surface area (Å²) in [5.74, 6) is 2.63. The number of anilines is 1. The summed E-state index contributed by atoms with van der Waals surface area (Å²) in [5.41, 5.74) is 13.1. The number of nitrogens with one attached hydrogen (secondary N) is 1. The zero-order valence-corrected chi connectivity index (χ0v) is 33.4. The summed E-state index contributed by atoms with van der Waals surface area (Å²) >= 11 is 0. The van der Waals surface area contributed by atoms with E-state index in [-0.39, 0.29) is 0 Å². The van der Waals surface area contributed by atoms with E-state index in [2.05, 4.69) is 109 Å². The average Bonchev–Trinajstić information content (AvgIpc) is 3.21. The molecule has 5 nitrogen and oxygen atoms in total. The number of aliphatic hydroxyl groups is 1. The van der Waals surface area contributed by atoms with Crippen LogP contribution in [-0.4, -0.2) is 40.9 Å². The van der Waals surface area contributed by atoms with Gasteiger partial charge in [-0.15, -0.1) is 12.3 Å². The van der Waals surface area contributed by atoms with Gasteiger partial charge < -0.3 is 10.0 Å². The fourth-order valence-corrected chi connectivity index (χ4v) is 4.83. The van der Waals surface area contributed by atoms with E-state index in [1.54, 1.807) is 6.92 Å². The highest BCUT2D eigenvalue weighted by Gasteiger charge is 2.20. The van der Waals surface area contributed by atoms with Gasteiger partial charge in [0, 0.05) is 39.0 Å². The third kappa shape index (κ3) is 18.6. The predicted octanol–water partition coefficient (Wildman–Crippen LogP) is 12.1. The Balaban J connectivity index is 0. The summed E-state index contributed by atoms with van der Waals surface area (Å²) in [5, 5.41) is 15.7. The van der Waals surface area contributed by atoms with Gasteiger partial charge in [0.1, 0.15) is 0 Å². The van der Waals surface area contributed by atoms with Crippen molar-refractivity contribution in [3.8, 4) is 12.3 Å². The van der Waals surface area contributed by atoms with Gasteiger partial charge in [0.05, 0.1) is 5.69 Å². The van der Waals surface area contributed by atoms with Gasteiger partial charge in [0.2, 0.25) is 0 Å². The van der Waals surface area contributed by atoms with E-state index in [4.69, 9.17) is 10.3 Å². The lowest BCUT2D eigenvalue weighted by atomic mass is 9.81. The summed E-state index contributed by atoms with van der Waals surface area (Å²) in [6.07, 6.45) is 26.9. The van der Waals surface area contributed by atoms with Crippen molar-refractivity contribution >= 4 is 16.8 Å². The summed E-state index contributed by atoms with van der Waals surface area (Å²) in [4.78, 5) is 6.38. The van der Waals surface area contributed by atoms with Gasteiger partial charge in [-0.1, -0.05) is 120 Å². The number of aryl methyl sites for hydroxylation is 1. The number of benzene rings is 2. The molecule has 1 aliphatic heterocycles. The van der Waals surface area contributed by atoms with Crippen molar-refractivity contribution in [2.24, 2.45) is 0 Å². The van der Waals surface area contributed by atoms with Crippen LogP contribution < -0.4 is 5.48 Å². The molecule has 3 aromatic rings. The summed E-state index contributed by atoms with van der Waals surface area (Å²) in [6.45, 7) is 20.8. The number of likely N-dealkylation sites (N-methyl/N-ethyl adjacent to an activating group) is 1. The van der Waals surface area contributed by atoms with E-state index in [1.807, 2.05) is 110 Å². The smallest absolute Gasteiger partial charge is 0.0608 e. The molecule has 1 unspecified atom stereocenters. The molecule has 1 aromatic heterocycles. The number of hydrogen-bond donors (Lipinski definition) is 3. The molecule has 51 heavy (non-hydrogen) atoms. The second-order valence-corrected chi connectivity index (χ2v) is 10.5. The van der Waals surface area contributed by atoms with Gasteiger partial charge in [-0.05, 0) is 110 Å². The first-order chi connectivity index (χ1) is 24.9.